The number of hydrogen-bond acceptors (Lipinski definition) is 4. The quantitative estimate of drug-likeness (QED) is 0.213. The van der Waals surface area contributed by atoms with Crippen molar-refractivity contribution in [2.75, 3.05) is 0 Å². The fourth-order valence-corrected chi connectivity index (χ4v) is 6.63. The van der Waals surface area contributed by atoms with Crippen molar-refractivity contribution in [3.63, 3.8) is 0 Å². The Balaban J connectivity index is 1.15. The van der Waals surface area contributed by atoms with Gasteiger partial charge in [0.2, 0.25) is 0 Å². The molecule has 47 heavy (non-hydrogen) atoms. The molecule has 9 rings (SSSR count). The maximum atomic E-state index is 6.44. The highest BCUT2D eigenvalue weighted by molar-refractivity contribution is 6.22. The first kappa shape index (κ1) is 27.1. The van der Waals surface area contributed by atoms with Crippen LogP contribution >= 0.6 is 0 Å². The fourth-order valence-electron chi connectivity index (χ4n) is 6.63. The SMILES string of the molecule is c1ccc(C2=NC(c3cccc4oc5cc(-c6ccccc6)ccc5c34)=NC(c3ccc(-c4cccc5ccccc45)cc3)N2)cc1. The smallest absolute Gasteiger partial charge is 0.160 e. The van der Waals surface area contributed by atoms with E-state index >= 15 is 0 Å². The van der Waals surface area contributed by atoms with E-state index in [1.54, 1.807) is 0 Å². The minimum absolute atomic E-state index is 0.322. The van der Waals surface area contributed by atoms with Crippen LogP contribution in [0.4, 0.5) is 0 Å². The second-order valence-electron chi connectivity index (χ2n) is 11.8. The number of fused-ring (bicyclic) bond motifs is 4. The molecule has 1 aromatic heterocycles. The van der Waals surface area contributed by atoms with Crippen LogP contribution in [-0.2, 0) is 0 Å². The Hall–Kier alpha value is -6.26. The van der Waals surface area contributed by atoms with Crippen molar-refractivity contribution in [3.8, 4) is 22.3 Å². The summed E-state index contributed by atoms with van der Waals surface area (Å²) in [7, 11) is 0. The molecule has 0 bridgehead atoms. The molecule has 0 amide bonds. The van der Waals surface area contributed by atoms with Gasteiger partial charge in [0.25, 0.3) is 0 Å². The molecule has 1 unspecified atom stereocenters. The van der Waals surface area contributed by atoms with Gasteiger partial charge in [-0.05, 0) is 56.8 Å². The zero-order valence-corrected chi connectivity index (χ0v) is 25.5. The minimum atomic E-state index is -0.322. The van der Waals surface area contributed by atoms with Gasteiger partial charge in [-0.15, -0.1) is 0 Å². The molecule has 8 aromatic rings. The van der Waals surface area contributed by atoms with E-state index in [0.29, 0.717) is 5.84 Å². The Labute approximate surface area is 272 Å². The van der Waals surface area contributed by atoms with Crippen LogP contribution in [0.2, 0.25) is 0 Å². The molecule has 1 N–H and O–H groups in total. The summed E-state index contributed by atoms with van der Waals surface area (Å²) in [6, 6.07) is 56.9. The summed E-state index contributed by atoms with van der Waals surface area (Å²) in [6.07, 6.45) is -0.322. The van der Waals surface area contributed by atoms with E-state index in [9.17, 15) is 0 Å². The van der Waals surface area contributed by atoms with Gasteiger partial charge in [0.1, 0.15) is 23.2 Å². The van der Waals surface area contributed by atoms with Crippen LogP contribution in [0.5, 0.6) is 0 Å². The van der Waals surface area contributed by atoms with Gasteiger partial charge in [-0.1, -0.05) is 146 Å². The third-order valence-electron chi connectivity index (χ3n) is 8.96. The Morgan fingerprint density at radius 3 is 2.00 bits per heavy atom. The summed E-state index contributed by atoms with van der Waals surface area (Å²) < 4.78 is 6.44. The number of aliphatic imine (C=N–C) groups is 2. The Bertz CT molecular complexity index is 2470. The molecule has 4 nitrogen and oxygen atoms in total. The number of hydrogen-bond donors (Lipinski definition) is 1. The molecule has 1 atom stereocenters. The van der Waals surface area contributed by atoms with E-state index in [2.05, 4.69) is 133 Å². The summed E-state index contributed by atoms with van der Waals surface area (Å²) in [6.45, 7) is 0. The molecule has 0 saturated carbocycles. The lowest BCUT2D eigenvalue weighted by atomic mass is 9.97. The lowest BCUT2D eigenvalue weighted by Gasteiger charge is -2.24. The zero-order valence-electron chi connectivity index (χ0n) is 25.5. The van der Waals surface area contributed by atoms with Crippen LogP contribution < -0.4 is 5.32 Å². The maximum absolute atomic E-state index is 6.44. The highest BCUT2D eigenvalue weighted by Crippen LogP contribution is 2.36. The first-order valence-corrected chi connectivity index (χ1v) is 15.9. The van der Waals surface area contributed by atoms with Gasteiger partial charge in [-0.3, -0.25) is 0 Å². The molecule has 1 aliphatic rings. The minimum Gasteiger partial charge on any atom is -0.456 e. The third kappa shape index (κ3) is 4.88. The standard InChI is InChI=1S/C43H29N3O/c1-3-11-28(12-4-1)33-25-26-36-39(27-33)47-38-20-10-19-37(40(36)38)43-45-41(31-14-5-2-6-15-31)44-42(46-43)32-23-21-30(22-24-32)35-18-9-16-29-13-7-8-17-34(29)35/h1-27,42H,(H,44,45,46). The highest BCUT2D eigenvalue weighted by Gasteiger charge is 2.23. The lowest BCUT2D eigenvalue weighted by molar-refractivity contribution is 0.668. The topological polar surface area (TPSA) is 49.9 Å². The average Bonchev–Trinajstić information content (AvgIpc) is 3.53. The van der Waals surface area contributed by atoms with Crippen molar-refractivity contribution in [2.24, 2.45) is 9.98 Å². The predicted molar refractivity (Wildman–Crippen MR) is 194 cm³/mol. The molecule has 0 spiro atoms. The van der Waals surface area contributed by atoms with Crippen molar-refractivity contribution < 1.29 is 4.42 Å². The van der Waals surface area contributed by atoms with E-state index in [-0.39, 0.29) is 6.17 Å². The summed E-state index contributed by atoms with van der Waals surface area (Å²) in [5, 5.41) is 8.16. The van der Waals surface area contributed by atoms with Gasteiger partial charge < -0.3 is 9.73 Å². The fraction of sp³-hybridized carbons (Fsp3) is 0.0233. The predicted octanol–water partition coefficient (Wildman–Crippen LogP) is 10.6. The molecule has 0 aliphatic carbocycles. The summed E-state index contributed by atoms with van der Waals surface area (Å²) in [4.78, 5) is 10.3. The normalized spacial score (nSPS) is 14.6. The molecule has 0 saturated heterocycles. The van der Waals surface area contributed by atoms with Crippen LogP contribution in [-0.4, -0.2) is 11.7 Å². The van der Waals surface area contributed by atoms with E-state index in [1.807, 2.05) is 36.4 Å². The van der Waals surface area contributed by atoms with Gasteiger partial charge >= 0.3 is 0 Å². The van der Waals surface area contributed by atoms with Gasteiger partial charge in [0.15, 0.2) is 5.84 Å². The van der Waals surface area contributed by atoms with Gasteiger partial charge in [0.05, 0.1) is 0 Å². The molecule has 0 fully saturated rings. The first-order valence-electron chi connectivity index (χ1n) is 15.9. The average molecular weight is 604 g/mol. The van der Waals surface area contributed by atoms with Crippen LogP contribution in [0.25, 0.3) is 55.0 Å². The van der Waals surface area contributed by atoms with Crippen LogP contribution in [0.3, 0.4) is 0 Å². The van der Waals surface area contributed by atoms with Crippen molar-refractivity contribution in [2.45, 2.75) is 6.17 Å². The van der Waals surface area contributed by atoms with E-state index in [4.69, 9.17) is 14.4 Å². The third-order valence-corrected chi connectivity index (χ3v) is 8.96. The zero-order chi connectivity index (χ0) is 31.2. The van der Waals surface area contributed by atoms with E-state index in [0.717, 1.165) is 55.6 Å². The maximum Gasteiger partial charge on any atom is 0.160 e. The number of benzene rings is 7. The number of rotatable bonds is 5. The number of amidine groups is 2. The Morgan fingerprint density at radius 2 is 1.17 bits per heavy atom. The molecule has 7 aromatic carbocycles. The second kappa shape index (κ2) is 11.3. The monoisotopic (exact) mass is 603 g/mol. The van der Waals surface area contributed by atoms with E-state index < -0.39 is 0 Å². The molecule has 4 heteroatoms. The summed E-state index contributed by atoms with van der Waals surface area (Å²) in [5.74, 6) is 1.46. The Morgan fingerprint density at radius 1 is 0.489 bits per heavy atom. The number of furan rings is 1. The molecule has 0 radical (unpaired) electrons. The molecule has 2 heterocycles. The molecular weight excluding hydrogens is 574 g/mol. The van der Waals surface area contributed by atoms with Crippen molar-refractivity contribution in [1.29, 1.82) is 0 Å². The lowest BCUT2D eigenvalue weighted by Crippen LogP contribution is -2.33. The summed E-state index contributed by atoms with van der Waals surface area (Å²) >= 11 is 0. The second-order valence-corrected chi connectivity index (χ2v) is 11.8. The highest BCUT2D eigenvalue weighted by atomic mass is 16.3. The van der Waals surface area contributed by atoms with Crippen molar-refractivity contribution in [3.05, 3.63) is 180 Å². The van der Waals surface area contributed by atoms with Crippen LogP contribution in [0.15, 0.2) is 178 Å². The van der Waals surface area contributed by atoms with Gasteiger partial charge in [0, 0.05) is 21.9 Å². The number of nitrogens with zero attached hydrogens (tertiary/aromatic N) is 2. The molecular formula is C43H29N3O. The van der Waals surface area contributed by atoms with Gasteiger partial charge in [-0.2, -0.15) is 0 Å². The number of nitrogens with one attached hydrogen (secondary N) is 1. The Kier molecular flexibility index (Phi) is 6.50. The van der Waals surface area contributed by atoms with Crippen LogP contribution in [0.1, 0.15) is 22.9 Å². The van der Waals surface area contributed by atoms with E-state index in [1.165, 1.54) is 21.9 Å². The largest absolute Gasteiger partial charge is 0.456 e. The van der Waals surface area contributed by atoms with Crippen LogP contribution in [0, 0.1) is 0 Å². The van der Waals surface area contributed by atoms with Gasteiger partial charge in [-0.25, -0.2) is 9.98 Å². The molecule has 1 aliphatic heterocycles. The molecule has 222 valence electrons. The van der Waals surface area contributed by atoms with Crippen molar-refractivity contribution in [1.82, 2.24) is 5.32 Å². The first-order chi connectivity index (χ1) is 23.3. The van der Waals surface area contributed by atoms with Crippen molar-refractivity contribution >= 4 is 44.4 Å². The summed E-state index contributed by atoms with van der Waals surface area (Å²) in [5.41, 5.74) is 9.34.